The number of anilines is 3. The van der Waals surface area contributed by atoms with E-state index in [1.165, 1.54) is 6.33 Å². The summed E-state index contributed by atoms with van der Waals surface area (Å²) in [5.41, 5.74) is 5.74. The number of nitro groups is 1. The van der Waals surface area contributed by atoms with Crippen molar-refractivity contribution >= 4 is 23.0 Å². The minimum atomic E-state index is -0.540. The molecular weight excluding hydrogens is 328 g/mol. The van der Waals surface area contributed by atoms with E-state index >= 15 is 0 Å². The van der Waals surface area contributed by atoms with E-state index in [9.17, 15) is 10.1 Å². The Bertz CT molecular complexity index is 805. The van der Waals surface area contributed by atoms with Gasteiger partial charge in [-0.25, -0.2) is 15.4 Å². The highest BCUT2D eigenvalue weighted by Gasteiger charge is 2.24. The minimum Gasteiger partial charge on any atom is -0.454 e. The summed E-state index contributed by atoms with van der Waals surface area (Å²) in [4.78, 5) is 18.9. The molecule has 2 heterocycles. The molecule has 132 valence electrons. The molecule has 0 radical (unpaired) electrons. The Hall–Kier alpha value is -3.14. The normalized spacial score (nSPS) is 12.8. The first-order valence-electron chi connectivity index (χ1n) is 7.53. The van der Waals surface area contributed by atoms with E-state index in [0.717, 1.165) is 0 Å². The zero-order chi connectivity index (χ0) is 18.0. The van der Waals surface area contributed by atoms with Crippen LogP contribution in [0.5, 0.6) is 11.5 Å². The summed E-state index contributed by atoms with van der Waals surface area (Å²) in [5, 5.41) is 14.4. The number of ether oxygens (including phenoxy) is 2. The quantitative estimate of drug-likeness (QED) is 0.553. The highest BCUT2D eigenvalue weighted by molar-refractivity contribution is 5.74. The maximum absolute atomic E-state index is 11.5. The Labute approximate surface area is 143 Å². The van der Waals surface area contributed by atoms with Gasteiger partial charge in [0.25, 0.3) is 0 Å². The van der Waals surface area contributed by atoms with Gasteiger partial charge in [0, 0.05) is 17.3 Å². The van der Waals surface area contributed by atoms with Crippen LogP contribution in [-0.4, -0.2) is 27.2 Å². The molecule has 0 spiro atoms. The van der Waals surface area contributed by atoms with Crippen LogP contribution in [0.4, 0.5) is 23.0 Å². The number of hydrogen-bond donors (Lipinski definition) is 3. The molecule has 3 N–H and O–H groups in total. The molecule has 1 aliphatic rings. The Morgan fingerprint density at radius 2 is 1.88 bits per heavy atom. The van der Waals surface area contributed by atoms with Crippen LogP contribution < -0.4 is 25.6 Å². The summed E-state index contributed by atoms with van der Waals surface area (Å²) >= 11 is 0. The number of nitrogens with zero attached hydrogens (tertiary/aromatic N) is 3. The first kappa shape index (κ1) is 16.7. The fourth-order valence-corrected chi connectivity index (χ4v) is 2.09. The van der Waals surface area contributed by atoms with Gasteiger partial charge in [0.15, 0.2) is 11.5 Å². The standard InChI is InChI=1S/C15H18N6O4/c1-15(2,3)20-19-14-12(21(22)23)13(16-7-17-14)18-9-4-5-10-11(6-9)25-8-24-10/h4-7,20H,8H2,1-3H3,(H2,16,17,18,19). The van der Waals surface area contributed by atoms with Crippen LogP contribution in [0.1, 0.15) is 20.8 Å². The monoisotopic (exact) mass is 346 g/mol. The molecule has 0 unspecified atom stereocenters. The predicted octanol–water partition coefficient (Wildman–Crippen LogP) is 2.57. The van der Waals surface area contributed by atoms with Crippen molar-refractivity contribution < 1.29 is 14.4 Å². The number of rotatable bonds is 5. The highest BCUT2D eigenvalue weighted by Crippen LogP contribution is 2.37. The van der Waals surface area contributed by atoms with Gasteiger partial charge in [-0.05, 0) is 32.9 Å². The van der Waals surface area contributed by atoms with Crippen LogP contribution in [0.25, 0.3) is 0 Å². The first-order chi connectivity index (χ1) is 11.8. The first-order valence-corrected chi connectivity index (χ1v) is 7.53. The summed E-state index contributed by atoms with van der Waals surface area (Å²) in [7, 11) is 0. The van der Waals surface area contributed by atoms with Crippen molar-refractivity contribution in [3.8, 4) is 11.5 Å². The van der Waals surface area contributed by atoms with Gasteiger partial charge in [-0.3, -0.25) is 15.5 Å². The molecule has 0 fully saturated rings. The Morgan fingerprint density at radius 1 is 1.16 bits per heavy atom. The average Bonchev–Trinajstić information content (AvgIpc) is 2.99. The molecule has 0 atom stereocenters. The van der Waals surface area contributed by atoms with Crippen LogP contribution in [0, 0.1) is 10.1 Å². The molecule has 1 aliphatic heterocycles. The zero-order valence-electron chi connectivity index (χ0n) is 14.0. The van der Waals surface area contributed by atoms with E-state index in [-0.39, 0.29) is 29.7 Å². The molecule has 1 aromatic heterocycles. The van der Waals surface area contributed by atoms with Crippen molar-refractivity contribution in [3.63, 3.8) is 0 Å². The number of nitrogens with one attached hydrogen (secondary N) is 3. The summed E-state index contributed by atoms with van der Waals surface area (Å²) in [6.45, 7) is 5.90. The smallest absolute Gasteiger partial charge is 0.354 e. The van der Waals surface area contributed by atoms with Crippen molar-refractivity contribution in [3.05, 3.63) is 34.6 Å². The van der Waals surface area contributed by atoms with Crippen LogP contribution in [-0.2, 0) is 0 Å². The van der Waals surface area contributed by atoms with Crippen LogP contribution >= 0.6 is 0 Å². The molecule has 0 saturated heterocycles. The fourth-order valence-electron chi connectivity index (χ4n) is 2.09. The lowest BCUT2D eigenvalue weighted by molar-refractivity contribution is -0.383. The van der Waals surface area contributed by atoms with Gasteiger partial charge in [0.1, 0.15) is 6.33 Å². The molecule has 1 aromatic carbocycles. The summed E-state index contributed by atoms with van der Waals surface area (Å²) in [6, 6.07) is 5.13. The van der Waals surface area contributed by atoms with E-state index < -0.39 is 4.92 Å². The van der Waals surface area contributed by atoms with E-state index in [4.69, 9.17) is 9.47 Å². The molecule has 0 bridgehead atoms. The third-order valence-electron chi connectivity index (χ3n) is 3.20. The Morgan fingerprint density at radius 3 is 2.60 bits per heavy atom. The van der Waals surface area contributed by atoms with Crippen molar-refractivity contribution in [2.75, 3.05) is 17.5 Å². The lowest BCUT2D eigenvalue weighted by Gasteiger charge is -2.21. The summed E-state index contributed by atoms with van der Waals surface area (Å²) < 4.78 is 10.5. The maximum Gasteiger partial charge on any atom is 0.354 e. The van der Waals surface area contributed by atoms with E-state index in [0.29, 0.717) is 17.2 Å². The Balaban J connectivity index is 1.89. The SMILES string of the molecule is CC(C)(C)NNc1ncnc(Nc2ccc3c(c2)OCO3)c1[N+](=O)[O-]. The topological polar surface area (TPSA) is 123 Å². The van der Waals surface area contributed by atoms with Gasteiger partial charge in [-0.1, -0.05) is 0 Å². The van der Waals surface area contributed by atoms with Crippen molar-refractivity contribution in [1.29, 1.82) is 0 Å². The van der Waals surface area contributed by atoms with Crippen molar-refractivity contribution in [2.45, 2.75) is 26.3 Å². The molecule has 0 amide bonds. The number of hydrogen-bond acceptors (Lipinski definition) is 9. The molecule has 0 aliphatic carbocycles. The van der Waals surface area contributed by atoms with Crippen molar-refractivity contribution in [1.82, 2.24) is 15.4 Å². The van der Waals surface area contributed by atoms with Crippen molar-refractivity contribution in [2.24, 2.45) is 0 Å². The second-order valence-electron chi connectivity index (χ2n) is 6.37. The molecule has 10 nitrogen and oxygen atoms in total. The van der Waals surface area contributed by atoms with E-state index in [2.05, 4.69) is 26.1 Å². The lowest BCUT2D eigenvalue weighted by atomic mass is 10.1. The number of fused-ring (bicyclic) bond motifs is 1. The molecule has 25 heavy (non-hydrogen) atoms. The Kier molecular flexibility index (Phi) is 4.28. The predicted molar refractivity (Wildman–Crippen MR) is 91.0 cm³/mol. The average molecular weight is 346 g/mol. The van der Waals surface area contributed by atoms with Crippen LogP contribution in [0.15, 0.2) is 24.5 Å². The summed E-state index contributed by atoms with van der Waals surface area (Å²) in [5.74, 6) is 1.32. The van der Waals surface area contributed by atoms with Gasteiger partial charge in [-0.15, -0.1) is 0 Å². The fraction of sp³-hybridized carbons (Fsp3) is 0.333. The second kappa shape index (κ2) is 6.40. The number of hydrazine groups is 1. The maximum atomic E-state index is 11.5. The number of benzene rings is 1. The van der Waals surface area contributed by atoms with Gasteiger partial charge in [0.2, 0.25) is 18.4 Å². The third-order valence-corrected chi connectivity index (χ3v) is 3.20. The largest absolute Gasteiger partial charge is 0.454 e. The molecule has 3 rings (SSSR count). The zero-order valence-corrected chi connectivity index (χ0v) is 14.0. The highest BCUT2D eigenvalue weighted by atomic mass is 16.7. The summed E-state index contributed by atoms with van der Waals surface area (Å²) in [6.07, 6.45) is 1.25. The second-order valence-corrected chi connectivity index (χ2v) is 6.37. The minimum absolute atomic E-state index is 0.0667. The van der Waals surface area contributed by atoms with Crippen LogP contribution in [0.2, 0.25) is 0 Å². The van der Waals surface area contributed by atoms with Crippen LogP contribution in [0.3, 0.4) is 0 Å². The van der Waals surface area contributed by atoms with Gasteiger partial charge in [-0.2, -0.15) is 0 Å². The van der Waals surface area contributed by atoms with E-state index in [1.54, 1.807) is 18.2 Å². The molecule has 10 heteroatoms. The van der Waals surface area contributed by atoms with Gasteiger partial charge < -0.3 is 14.8 Å². The van der Waals surface area contributed by atoms with E-state index in [1.807, 2.05) is 20.8 Å². The number of aromatic nitrogens is 2. The molecule has 2 aromatic rings. The third kappa shape index (κ3) is 3.86. The van der Waals surface area contributed by atoms with Gasteiger partial charge in [0.05, 0.1) is 4.92 Å². The molecule has 0 saturated carbocycles. The molecular formula is C15H18N6O4. The van der Waals surface area contributed by atoms with Gasteiger partial charge >= 0.3 is 5.69 Å². The lowest BCUT2D eigenvalue weighted by Crippen LogP contribution is -2.40.